The Labute approximate surface area is 151 Å². The highest BCUT2D eigenvalue weighted by Crippen LogP contribution is 2.24. The van der Waals surface area contributed by atoms with Gasteiger partial charge in [0.05, 0.1) is 0 Å². The second kappa shape index (κ2) is 8.16. The van der Waals surface area contributed by atoms with E-state index in [0.29, 0.717) is 5.75 Å². The Kier molecular flexibility index (Phi) is 5.49. The lowest BCUT2D eigenvalue weighted by atomic mass is 10.1. The van der Waals surface area contributed by atoms with Gasteiger partial charge in [-0.25, -0.2) is 4.79 Å². The normalized spacial score (nSPS) is 11.7. The van der Waals surface area contributed by atoms with Crippen LogP contribution in [0.4, 0.5) is 0 Å². The molecular formula is C21H19NO4. The number of hydrogen-bond donors (Lipinski definition) is 2. The van der Waals surface area contributed by atoms with Gasteiger partial charge in [0, 0.05) is 11.8 Å². The molecule has 1 amide bonds. The van der Waals surface area contributed by atoms with E-state index in [-0.39, 0.29) is 13.0 Å². The Balaban J connectivity index is 1.62. The molecule has 0 aliphatic heterocycles. The zero-order valence-corrected chi connectivity index (χ0v) is 14.1. The minimum atomic E-state index is -1.08. The second-order valence-electron chi connectivity index (χ2n) is 5.91. The molecule has 0 saturated heterocycles. The van der Waals surface area contributed by atoms with Gasteiger partial charge in [-0.3, -0.25) is 4.79 Å². The number of amides is 1. The molecule has 5 nitrogen and oxygen atoms in total. The number of fused-ring (bicyclic) bond motifs is 1. The summed E-state index contributed by atoms with van der Waals surface area (Å²) in [6, 6.07) is 21.5. The zero-order valence-electron chi connectivity index (χ0n) is 14.1. The molecule has 5 heteroatoms. The van der Waals surface area contributed by atoms with Gasteiger partial charge < -0.3 is 15.2 Å². The van der Waals surface area contributed by atoms with Crippen molar-refractivity contribution in [2.75, 3.05) is 6.61 Å². The van der Waals surface area contributed by atoms with Crippen LogP contribution in [0, 0.1) is 0 Å². The smallest absolute Gasteiger partial charge is 0.326 e. The van der Waals surface area contributed by atoms with Crippen molar-refractivity contribution >= 4 is 22.6 Å². The molecule has 0 saturated carbocycles. The van der Waals surface area contributed by atoms with Crippen LogP contribution < -0.4 is 10.1 Å². The zero-order chi connectivity index (χ0) is 18.4. The molecule has 0 radical (unpaired) electrons. The van der Waals surface area contributed by atoms with Gasteiger partial charge in [-0.1, -0.05) is 66.7 Å². The minimum Gasteiger partial charge on any atom is -0.483 e. The molecule has 3 aromatic carbocycles. The number of carbonyl (C=O) groups is 2. The lowest BCUT2D eigenvalue weighted by Crippen LogP contribution is -2.44. The van der Waals surface area contributed by atoms with Gasteiger partial charge in [0.1, 0.15) is 11.8 Å². The Bertz CT molecular complexity index is 903. The van der Waals surface area contributed by atoms with Crippen LogP contribution >= 0.6 is 0 Å². The van der Waals surface area contributed by atoms with Crippen LogP contribution in [0.25, 0.3) is 10.8 Å². The topological polar surface area (TPSA) is 75.6 Å². The molecule has 3 aromatic rings. The summed E-state index contributed by atoms with van der Waals surface area (Å²) in [5, 5.41) is 13.8. The number of aliphatic carboxylic acids is 1. The fraction of sp³-hybridized carbons (Fsp3) is 0.143. The van der Waals surface area contributed by atoms with Gasteiger partial charge >= 0.3 is 5.97 Å². The van der Waals surface area contributed by atoms with Crippen molar-refractivity contribution in [2.45, 2.75) is 12.5 Å². The Hall–Kier alpha value is -3.34. The fourth-order valence-electron chi connectivity index (χ4n) is 2.75. The lowest BCUT2D eigenvalue weighted by molar-refractivity contribution is -0.142. The van der Waals surface area contributed by atoms with E-state index in [0.717, 1.165) is 16.3 Å². The predicted octanol–water partition coefficient (Wildman–Crippen LogP) is 3.03. The van der Waals surface area contributed by atoms with Crippen molar-refractivity contribution in [2.24, 2.45) is 0 Å². The maximum Gasteiger partial charge on any atom is 0.326 e. The van der Waals surface area contributed by atoms with Crippen LogP contribution in [0.1, 0.15) is 5.56 Å². The quantitative estimate of drug-likeness (QED) is 0.687. The van der Waals surface area contributed by atoms with Crippen molar-refractivity contribution in [3.63, 3.8) is 0 Å². The first-order valence-corrected chi connectivity index (χ1v) is 8.30. The molecule has 0 aromatic heterocycles. The highest BCUT2D eigenvalue weighted by Gasteiger charge is 2.20. The highest BCUT2D eigenvalue weighted by atomic mass is 16.5. The van der Waals surface area contributed by atoms with Crippen molar-refractivity contribution < 1.29 is 19.4 Å². The number of ether oxygens (including phenoxy) is 1. The average molecular weight is 349 g/mol. The third kappa shape index (κ3) is 4.39. The van der Waals surface area contributed by atoms with Crippen molar-refractivity contribution in [1.82, 2.24) is 5.32 Å². The molecule has 26 heavy (non-hydrogen) atoms. The number of rotatable bonds is 7. The lowest BCUT2D eigenvalue weighted by Gasteiger charge is -2.15. The number of nitrogens with one attached hydrogen (secondary N) is 1. The fourth-order valence-corrected chi connectivity index (χ4v) is 2.75. The van der Waals surface area contributed by atoms with Crippen molar-refractivity contribution in [1.29, 1.82) is 0 Å². The first-order valence-electron chi connectivity index (χ1n) is 8.30. The third-order valence-electron chi connectivity index (χ3n) is 4.02. The summed E-state index contributed by atoms with van der Waals surface area (Å²) in [7, 11) is 0. The maximum absolute atomic E-state index is 12.2. The van der Waals surface area contributed by atoms with E-state index in [9.17, 15) is 14.7 Å². The number of carbonyl (C=O) groups excluding carboxylic acids is 1. The number of hydrogen-bond acceptors (Lipinski definition) is 3. The standard InChI is InChI=1S/C21H19NO4/c23-20(22-18(21(24)25)13-15-7-2-1-3-8-15)14-26-19-12-6-10-16-9-4-5-11-17(16)19/h1-12,18H,13-14H2,(H,22,23)(H,24,25)/t18-/m0/s1. The summed E-state index contributed by atoms with van der Waals surface area (Å²) >= 11 is 0. The molecule has 0 unspecified atom stereocenters. The van der Waals surface area contributed by atoms with Gasteiger partial charge in [-0.05, 0) is 17.0 Å². The molecule has 2 N–H and O–H groups in total. The van der Waals surface area contributed by atoms with Gasteiger partial charge in [-0.15, -0.1) is 0 Å². The summed E-state index contributed by atoms with van der Waals surface area (Å²) in [6.45, 7) is -0.243. The van der Waals surface area contributed by atoms with Crippen LogP contribution in [0.3, 0.4) is 0 Å². The maximum atomic E-state index is 12.2. The van der Waals surface area contributed by atoms with E-state index < -0.39 is 17.9 Å². The van der Waals surface area contributed by atoms with E-state index in [2.05, 4.69) is 5.32 Å². The van der Waals surface area contributed by atoms with Gasteiger partial charge in [0.25, 0.3) is 5.91 Å². The average Bonchev–Trinajstić information content (AvgIpc) is 2.66. The molecule has 0 aliphatic carbocycles. The van der Waals surface area contributed by atoms with Gasteiger partial charge in [0.2, 0.25) is 0 Å². The van der Waals surface area contributed by atoms with Crippen LogP contribution in [0.5, 0.6) is 5.75 Å². The Morgan fingerprint density at radius 2 is 1.62 bits per heavy atom. The molecule has 0 aliphatic rings. The molecule has 0 bridgehead atoms. The molecular weight excluding hydrogens is 330 g/mol. The Morgan fingerprint density at radius 1 is 0.923 bits per heavy atom. The molecule has 0 heterocycles. The third-order valence-corrected chi connectivity index (χ3v) is 4.02. The van der Waals surface area contributed by atoms with Gasteiger partial charge in [-0.2, -0.15) is 0 Å². The SMILES string of the molecule is O=C(COc1cccc2ccccc12)N[C@@H](Cc1ccccc1)C(=O)O. The van der Waals surface area contributed by atoms with Gasteiger partial charge in [0.15, 0.2) is 6.61 Å². The monoisotopic (exact) mass is 349 g/mol. The summed E-state index contributed by atoms with van der Waals surface area (Å²) in [5.41, 5.74) is 0.843. The van der Waals surface area contributed by atoms with E-state index in [4.69, 9.17) is 4.74 Å². The van der Waals surface area contributed by atoms with Crippen LogP contribution in [-0.2, 0) is 16.0 Å². The van der Waals surface area contributed by atoms with Crippen LogP contribution in [0.15, 0.2) is 72.8 Å². The molecule has 0 spiro atoms. The molecule has 3 rings (SSSR count). The van der Waals surface area contributed by atoms with Crippen LogP contribution in [-0.4, -0.2) is 29.6 Å². The summed E-state index contributed by atoms with van der Waals surface area (Å²) in [5.74, 6) is -0.957. The van der Waals surface area contributed by atoms with E-state index >= 15 is 0 Å². The molecule has 132 valence electrons. The van der Waals surface area contributed by atoms with E-state index in [1.54, 1.807) is 6.07 Å². The second-order valence-corrected chi connectivity index (χ2v) is 5.91. The minimum absolute atomic E-state index is 0.218. The first kappa shape index (κ1) is 17.5. The summed E-state index contributed by atoms with van der Waals surface area (Å²) < 4.78 is 5.61. The number of carboxylic acid groups (broad SMARTS) is 1. The van der Waals surface area contributed by atoms with Crippen molar-refractivity contribution in [3.8, 4) is 5.75 Å². The van der Waals surface area contributed by atoms with Crippen molar-refractivity contribution in [3.05, 3.63) is 78.4 Å². The van der Waals surface area contributed by atoms with E-state index in [1.807, 2.05) is 66.7 Å². The molecule has 0 fully saturated rings. The summed E-state index contributed by atoms with van der Waals surface area (Å²) in [4.78, 5) is 23.6. The predicted molar refractivity (Wildman–Crippen MR) is 99.2 cm³/mol. The number of carboxylic acids is 1. The largest absolute Gasteiger partial charge is 0.483 e. The first-order chi connectivity index (χ1) is 12.6. The Morgan fingerprint density at radius 3 is 2.38 bits per heavy atom. The number of benzene rings is 3. The summed E-state index contributed by atoms with van der Waals surface area (Å²) in [6.07, 6.45) is 0.218. The molecule has 1 atom stereocenters. The van der Waals surface area contributed by atoms with E-state index in [1.165, 1.54) is 0 Å². The highest BCUT2D eigenvalue weighted by molar-refractivity contribution is 5.89. The van der Waals surface area contributed by atoms with Crippen LogP contribution in [0.2, 0.25) is 0 Å².